The number of benzene rings is 4. The quantitative estimate of drug-likeness (QED) is 0.233. The van der Waals surface area contributed by atoms with Crippen LogP contribution in [0.3, 0.4) is 0 Å². The van der Waals surface area contributed by atoms with Crippen LogP contribution in [0.15, 0.2) is 78.9 Å². The van der Waals surface area contributed by atoms with Gasteiger partial charge in [-0.15, -0.1) is 0 Å². The zero-order valence-corrected chi connectivity index (χ0v) is 15.7. The minimum absolute atomic E-state index is 0.327. The molecule has 0 spiro atoms. The molecule has 5 aromatic rings. The SMILES string of the molecule is NNc1nc2cc3ccccc3c(-c3cccc(F)c3)c2nc1-c1cccc(F)c1. The van der Waals surface area contributed by atoms with Crippen LogP contribution in [-0.2, 0) is 0 Å². The van der Waals surface area contributed by atoms with E-state index < -0.39 is 0 Å². The number of nitrogen functional groups attached to an aromatic ring is 1. The number of anilines is 1. The molecule has 0 bridgehead atoms. The predicted octanol–water partition coefficient (Wildman–Crippen LogP) is 5.68. The molecular weight excluding hydrogens is 382 g/mol. The molecule has 4 aromatic carbocycles. The van der Waals surface area contributed by atoms with Crippen LogP contribution in [-0.4, -0.2) is 9.97 Å². The van der Waals surface area contributed by atoms with Gasteiger partial charge in [0, 0.05) is 11.1 Å². The van der Waals surface area contributed by atoms with E-state index in [2.05, 4.69) is 10.4 Å². The summed E-state index contributed by atoms with van der Waals surface area (Å²) in [5.41, 5.74) is 6.14. The van der Waals surface area contributed by atoms with Crippen molar-refractivity contribution in [3.05, 3.63) is 90.5 Å². The highest BCUT2D eigenvalue weighted by Crippen LogP contribution is 2.37. The maximum Gasteiger partial charge on any atom is 0.167 e. The number of nitrogens with one attached hydrogen (secondary N) is 1. The summed E-state index contributed by atoms with van der Waals surface area (Å²) in [6.45, 7) is 0. The molecule has 5 rings (SSSR count). The van der Waals surface area contributed by atoms with Gasteiger partial charge in [0.2, 0.25) is 0 Å². The first-order chi connectivity index (χ1) is 14.6. The molecule has 0 aliphatic carbocycles. The van der Waals surface area contributed by atoms with E-state index in [0.29, 0.717) is 33.7 Å². The molecule has 0 aliphatic heterocycles. The van der Waals surface area contributed by atoms with Crippen LogP contribution in [0, 0.1) is 11.6 Å². The Morgan fingerprint density at radius 3 is 2.17 bits per heavy atom. The molecule has 0 saturated carbocycles. The Labute approximate surface area is 171 Å². The van der Waals surface area contributed by atoms with Crippen LogP contribution in [0.1, 0.15) is 0 Å². The fraction of sp³-hybridized carbons (Fsp3) is 0. The molecule has 1 aromatic heterocycles. The molecule has 30 heavy (non-hydrogen) atoms. The number of rotatable bonds is 3. The molecule has 0 saturated heterocycles. The molecule has 1 heterocycles. The minimum atomic E-state index is -0.388. The van der Waals surface area contributed by atoms with Crippen LogP contribution in [0.4, 0.5) is 14.6 Å². The van der Waals surface area contributed by atoms with E-state index in [-0.39, 0.29) is 11.6 Å². The van der Waals surface area contributed by atoms with Crippen LogP contribution >= 0.6 is 0 Å². The van der Waals surface area contributed by atoms with Crippen molar-refractivity contribution in [2.75, 3.05) is 5.43 Å². The van der Waals surface area contributed by atoms with Gasteiger partial charge in [-0.1, -0.05) is 48.5 Å². The van der Waals surface area contributed by atoms with Gasteiger partial charge < -0.3 is 5.43 Å². The molecule has 3 N–H and O–H groups in total. The Kier molecular flexibility index (Phi) is 4.34. The van der Waals surface area contributed by atoms with Gasteiger partial charge in [0.1, 0.15) is 17.3 Å². The molecule has 0 unspecified atom stereocenters. The van der Waals surface area contributed by atoms with Gasteiger partial charge in [-0.2, -0.15) is 0 Å². The van der Waals surface area contributed by atoms with Gasteiger partial charge in [0.05, 0.1) is 11.0 Å². The van der Waals surface area contributed by atoms with Crippen LogP contribution in [0.25, 0.3) is 44.2 Å². The molecule has 0 amide bonds. The largest absolute Gasteiger partial charge is 0.307 e. The van der Waals surface area contributed by atoms with Gasteiger partial charge in [-0.25, -0.2) is 24.6 Å². The number of nitrogens with two attached hydrogens (primary N) is 1. The third kappa shape index (κ3) is 3.03. The molecule has 0 fully saturated rings. The summed E-state index contributed by atoms with van der Waals surface area (Å²) in [5, 5.41) is 1.86. The Hall–Kier alpha value is -3.90. The highest BCUT2D eigenvalue weighted by atomic mass is 19.1. The first-order valence-corrected chi connectivity index (χ1v) is 9.36. The minimum Gasteiger partial charge on any atom is -0.307 e. The van der Waals surface area contributed by atoms with Crippen molar-refractivity contribution < 1.29 is 8.78 Å². The summed E-state index contributed by atoms with van der Waals surface area (Å²) in [6, 6.07) is 22.1. The number of hydrazine groups is 1. The molecule has 0 radical (unpaired) electrons. The van der Waals surface area contributed by atoms with Gasteiger partial charge in [-0.3, -0.25) is 0 Å². The Morgan fingerprint density at radius 2 is 1.43 bits per heavy atom. The Morgan fingerprint density at radius 1 is 0.733 bits per heavy atom. The monoisotopic (exact) mass is 398 g/mol. The molecule has 146 valence electrons. The van der Waals surface area contributed by atoms with E-state index >= 15 is 0 Å². The van der Waals surface area contributed by atoms with Crippen LogP contribution in [0.2, 0.25) is 0 Å². The van der Waals surface area contributed by atoms with Gasteiger partial charge in [-0.05, 0) is 46.7 Å². The number of fused-ring (bicyclic) bond motifs is 2. The summed E-state index contributed by atoms with van der Waals surface area (Å²) < 4.78 is 27.9. The Balaban J connectivity index is 1.92. The van der Waals surface area contributed by atoms with Crippen molar-refractivity contribution in [2.45, 2.75) is 0 Å². The fourth-order valence-corrected chi connectivity index (χ4v) is 3.73. The molecule has 0 atom stereocenters. The standard InChI is InChI=1S/C24H16F2N4/c25-17-8-3-6-15(11-17)21-19-10-2-1-5-14(19)13-20-23(21)29-22(24(28-20)30-27)16-7-4-9-18(26)12-16/h1-13H,27H2,(H,28,30). The molecule has 0 aliphatic rings. The highest BCUT2D eigenvalue weighted by Gasteiger charge is 2.17. The lowest BCUT2D eigenvalue weighted by atomic mass is 9.96. The summed E-state index contributed by atoms with van der Waals surface area (Å²) >= 11 is 0. The van der Waals surface area contributed by atoms with E-state index in [1.54, 1.807) is 18.2 Å². The molecule has 4 nitrogen and oxygen atoms in total. The molecule has 6 heteroatoms. The average Bonchev–Trinajstić information content (AvgIpc) is 2.76. The van der Waals surface area contributed by atoms with Crippen molar-refractivity contribution in [1.29, 1.82) is 0 Å². The lowest BCUT2D eigenvalue weighted by Gasteiger charge is -2.14. The summed E-state index contributed by atoms with van der Waals surface area (Å²) in [7, 11) is 0. The maximum atomic E-state index is 14.1. The van der Waals surface area contributed by atoms with Crippen molar-refractivity contribution >= 4 is 27.6 Å². The zero-order valence-electron chi connectivity index (χ0n) is 15.7. The lowest BCUT2D eigenvalue weighted by Crippen LogP contribution is -2.11. The van der Waals surface area contributed by atoms with Crippen molar-refractivity contribution in [2.24, 2.45) is 5.84 Å². The zero-order chi connectivity index (χ0) is 20.7. The Bertz CT molecular complexity index is 1420. The summed E-state index contributed by atoms with van der Waals surface area (Å²) in [5.74, 6) is 5.30. The van der Waals surface area contributed by atoms with Crippen LogP contribution < -0.4 is 11.3 Å². The second-order valence-corrected chi connectivity index (χ2v) is 6.93. The second kappa shape index (κ2) is 7.17. The average molecular weight is 398 g/mol. The topological polar surface area (TPSA) is 63.8 Å². The third-order valence-electron chi connectivity index (χ3n) is 5.03. The first-order valence-electron chi connectivity index (χ1n) is 9.36. The predicted molar refractivity (Wildman–Crippen MR) is 116 cm³/mol. The van der Waals surface area contributed by atoms with E-state index in [1.807, 2.05) is 36.4 Å². The van der Waals surface area contributed by atoms with Crippen LogP contribution in [0.5, 0.6) is 0 Å². The van der Waals surface area contributed by atoms with Crippen molar-refractivity contribution in [1.82, 2.24) is 9.97 Å². The normalized spacial score (nSPS) is 11.2. The number of nitrogens with zero attached hydrogens (tertiary/aromatic N) is 2. The van der Waals surface area contributed by atoms with Gasteiger partial charge >= 0.3 is 0 Å². The van der Waals surface area contributed by atoms with Gasteiger partial charge in [0.25, 0.3) is 0 Å². The first kappa shape index (κ1) is 18.1. The summed E-state index contributed by atoms with van der Waals surface area (Å²) in [6.07, 6.45) is 0. The number of halogens is 2. The number of hydrogen-bond donors (Lipinski definition) is 2. The lowest BCUT2D eigenvalue weighted by molar-refractivity contribution is 0.628. The third-order valence-corrected chi connectivity index (χ3v) is 5.03. The van der Waals surface area contributed by atoms with E-state index in [9.17, 15) is 8.78 Å². The smallest absolute Gasteiger partial charge is 0.167 e. The van der Waals surface area contributed by atoms with E-state index in [4.69, 9.17) is 10.8 Å². The molecular formula is C24H16F2N4. The maximum absolute atomic E-state index is 14.1. The van der Waals surface area contributed by atoms with Crippen molar-refractivity contribution in [3.8, 4) is 22.4 Å². The fourth-order valence-electron chi connectivity index (χ4n) is 3.73. The second-order valence-electron chi connectivity index (χ2n) is 6.93. The number of aromatic nitrogens is 2. The highest BCUT2D eigenvalue weighted by molar-refractivity contribution is 6.10. The summed E-state index contributed by atoms with van der Waals surface area (Å²) in [4.78, 5) is 9.46. The van der Waals surface area contributed by atoms with E-state index in [1.165, 1.54) is 24.3 Å². The van der Waals surface area contributed by atoms with E-state index in [0.717, 1.165) is 16.3 Å². The number of hydrogen-bond acceptors (Lipinski definition) is 4. The van der Waals surface area contributed by atoms with Crippen molar-refractivity contribution in [3.63, 3.8) is 0 Å². The van der Waals surface area contributed by atoms with Gasteiger partial charge in [0.15, 0.2) is 5.82 Å².